The number of thiophene rings is 1. The van der Waals surface area contributed by atoms with Gasteiger partial charge < -0.3 is 4.90 Å². The summed E-state index contributed by atoms with van der Waals surface area (Å²) in [6, 6.07) is 4.06. The number of rotatable bonds is 4. The van der Waals surface area contributed by atoms with E-state index in [1.54, 1.807) is 11.1 Å². The van der Waals surface area contributed by atoms with Crippen LogP contribution >= 0.6 is 11.3 Å². The van der Waals surface area contributed by atoms with Gasteiger partial charge in [0.15, 0.2) is 0 Å². The molecule has 1 N–H and O–H groups in total. The van der Waals surface area contributed by atoms with Crippen LogP contribution in [0.15, 0.2) is 24.5 Å². The molecule has 3 aromatic heterocycles. The van der Waals surface area contributed by atoms with E-state index in [0.29, 0.717) is 5.92 Å². The second-order valence-electron chi connectivity index (χ2n) is 7.14. The van der Waals surface area contributed by atoms with Crippen molar-refractivity contribution >= 4 is 27.5 Å². The summed E-state index contributed by atoms with van der Waals surface area (Å²) in [4.78, 5) is 23.2. The van der Waals surface area contributed by atoms with Gasteiger partial charge >= 0.3 is 0 Å². The van der Waals surface area contributed by atoms with Crippen LogP contribution in [-0.2, 0) is 6.54 Å². The van der Waals surface area contributed by atoms with Gasteiger partial charge in [0.05, 0.1) is 11.1 Å². The fourth-order valence-corrected chi connectivity index (χ4v) is 4.96. The van der Waals surface area contributed by atoms with E-state index < -0.39 is 0 Å². The highest BCUT2D eigenvalue weighted by atomic mass is 32.1. The minimum atomic E-state index is 0.0760. The minimum absolute atomic E-state index is 0.0760. The lowest BCUT2D eigenvalue weighted by Crippen LogP contribution is -2.23. The lowest BCUT2D eigenvalue weighted by Gasteiger charge is -2.17. The van der Waals surface area contributed by atoms with E-state index in [4.69, 9.17) is 0 Å². The van der Waals surface area contributed by atoms with Crippen LogP contribution < -0.4 is 0 Å². The highest BCUT2D eigenvalue weighted by molar-refractivity contribution is 7.20. The van der Waals surface area contributed by atoms with Crippen molar-refractivity contribution in [1.29, 1.82) is 0 Å². The Kier molecular flexibility index (Phi) is 4.50. The predicted octanol–water partition coefficient (Wildman–Crippen LogP) is 3.02. The average molecular weight is 369 g/mol. The summed E-state index contributed by atoms with van der Waals surface area (Å²) in [5.41, 5.74) is 3.55. The van der Waals surface area contributed by atoms with Crippen LogP contribution in [0.4, 0.5) is 0 Å². The molecule has 0 aromatic carbocycles. The Morgan fingerprint density at radius 3 is 3.04 bits per heavy atom. The van der Waals surface area contributed by atoms with Gasteiger partial charge in [-0.25, -0.2) is 4.98 Å². The van der Waals surface area contributed by atoms with E-state index in [2.05, 4.69) is 33.1 Å². The third kappa shape index (κ3) is 3.01. The Morgan fingerprint density at radius 2 is 2.31 bits per heavy atom. The van der Waals surface area contributed by atoms with Gasteiger partial charge in [0.2, 0.25) is 0 Å². The maximum atomic E-state index is 12.8. The maximum absolute atomic E-state index is 12.8. The quantitative estimate of drug-likeness (QED) is 0.768. The SMILES string of the molecule is Cc1[nH]ncc1CN1CC[C@H](c2c(C(=O)N(C)C)sc3ncccc23)C1. The largest absolute Gasteiger partial charge is 0.344 e. The third-order valence-electron chi connectivity index (χ3n) is 5.11. The molecule has 1 atom stereocenters. The average Bonchev–Trinajstić information content (AvgIpc) is 3.33. The number of aromatic nitrogens is 3. The third-order valence-corrected chi connectivity index (χ3v) is 6.23. The van der Waals surface area contributed by atoms with Crippen molar-refractivity contribution in [2.45, 2.75) is 25.8 Å². The summed E-state index contributed by atoms with van der Waals surface area (Å²) in [5.74, 6) is 0.436. The van der Waals surface area contributed by atoms with E-state index >= 15 is 0 Å². The van der Waals surface area contributed by atoms with E-state index in [0.717, 1.165) is 46.8 Å². The molecule has 26 heavy (non-hydrogen) atoms. The number of pyridine rings is 1. The summed E-state index contributed by atoms with van der Waals surface area (Å²) < 4.78 is 0. The zero-order valence-corrected chi connectivity index (χ0v) is 16.1. The number of hydrogen-bond acceptors (Lipinski definition) is 5. The van der Waals surface area contributed by atoms with Gasteiger partial charge in [-0.2, -0.15) is 5.10 Å². The number of carbonyl (C=O) groups excluding carboxylic acids is 1. The number of H-pyrrole nitrogens is 1. The van der Waals surface area contributed by atoms with Crippen molar-refractivity contribution in [2.75, 3.05) is 27.2 Å². The van der Waals surface area contributed by atoms with E-state index in [9.17, 15) is 4.79 Å². The fraction of sp³-hybridized carbons (Fsp3) is 0.421. The molecule has 1 aliphatic heterocycles. The Labute approximate surface area is 156 Å². The first-order valence-corrected chi connectivity index (χ1v) is 9.66. The van der Waals surface area contributed by atoms with Crippen molar-refractivity contribution in [3.8, 4) is 0 Å². The molecule has 1 amide bonds. The molecule has 0 radical (unpaired) electrons. The van der Waals surface area contributed by atoms with Crippen LogP contribution in [-0.4, -0.2) is 58.1 Å². The van der Waals surface area contributed by atoms with Gasteiger partial charge in [-0.15, -0.1) is 11.3 Å². The van der Waals surface area contributed by atoms with Gasteiger partial charge in [-0.05, 0) is 31.5 Å². The molecule has 0 spiro atoms. The molecule has 0 aliphatic carbocycles. The molecule has 0 saturated carbocycles. The standard InChI is InChI=1S/C19H23N5OS/c1-12-14(9-21-22-12)11-24-8-6-13(10-24)16-15-5-4-7-20-18(15)26-17(16)19(25)23(2)3/h4-5,7,9,13H,6,8,10-11H2,1-3H3,(H,21,22)/t13-/m0/s1. The van der Waals surface area contributed by atoms with Crippen molar-refractivity contribution in [3.05, 3.63) is 46.2 Å². The number of aromatic amines is 1. The molecular weight excluding hydrogens is 346 g/mol. The molecule has 3 aromatic rings. The van der Waals surface area contributed by atoms with Gasteiger partial charge in [-0.1, -0.05) is 6.07 Å². The number of aryl methyl sites for hydroxylation is 1. The normalized spacial score (nSPS) is 17.9. The van der Waals surface area contributed by atoms with Gasteiger partial charge in [-0.3, -0.25) is 14.8 Å². The lowest BCUT2D eigenvalue weighted by molar-refractivity contribution is 0.0831. The van der Waals surface area contributed by atoms with Gasteiger partial charge in [0.1, 0.15) is 4.83 Å². The van der Waals surface area contributed by atoms with Gasteiger partial charge in [0, 0.05) is 55.9 Å². The first-order chi connectivity index (χ1) is 12.5. The molecule has 4 rings (SSSR count). The van der Waals surface area contributed by atoms with Crippen molar-refractivity contribution < 1.29 is 4.79 Å². The summed E-state index contributed by atoms with van der Waals surface area (Å²) in [6.07, 6.45) is 4.77. The number of hydrogen-bond donors (Lipinski definition) is 1. The molecule has 136 valence electrons. The summed E-state index contributed by atoms with van der Waals surface area (Å²) in [7, 11) is 3.62. The number of carbonyl (C=O) groups is 1. The zero-order chi connectivity index (χ0) is 18.3. The zero-order valence-electron chi connectivity index (χ0n) is 15.3. The first-order valence-electron chi connectivity index (χ1n) is 8.85. The summed E-state index contributed by atoms with van der Waals surface area (Å²) >= 11 is 1.52. The highest BCUT2D eigenvalue weighted by Gasteiger charge is 2.31. The van der Waals surface area contributed by atoms with Crippen LogP contribution in [0.2, 0.25) is 0 Å². The van der Waals surface area contributed by atoms with Crippen LogP contribution in [0.3, 0.4) is 0 Å². The first kappa shape index (κ1) is 17.2. The van der Waals surface area contributed by atoms with Crippen LogP contribution in [0.1, 0.15) is 38.8 Å². The predicted molar refractivity (Wildman–Crippen MR) is 104 cm³/mol. The Morgan fingerprint density at radius 1 is 1.46 bits per heavy atom. The minimum Gasteiger partial charge on any atom is -0.344 e. The Hall–Kier alpha value is -2.25. The van der Waals surface area contributed by atoms with Crippen LogP contribution in [0, 0.1) is 6.92 Å². The molecule has 4 heterocycles. The monoisotopic (exact) mass is 369 g/mol. The Bertz CT molecular complexity index is 944. The van der Waals surface area contributed by atoms with Crippen molar-refractivity contribution in [3.63, 3.8) is 0 Å². The lowest BCUT2D eigenvalue weighted by atomic mass is 9.95. The molecule has 7 heteroatoms. The molecule has 1 aliphatic rings. The number of likely N-dealkylation sites (tertiary alicyclic amines) is 1. The van der Waals surface area contributed by atoms with Gasteiger partial charge in [0.25, 0.3) is 5.91 Å². The number of fused-ring (bicyclic) bond motifs is 1. The van der Waals surface area contributed by atoms with E-state index in [1.165, 1.54) is 22.5 Å². The second-order valence-corrected chi connectivity index (χ2v) is 8.14. The maximum Gasteiger partial charge on any atom is 0.263 e. The van der Waals surface area contributed by atoms with Crippen LogP contribution in [0.25, 0.3) is 10.2 Å². The number of nitrogens with one attached hydrogen (secondary N) is 1. The number of amides is 1. The number of nitrogens with zero attached hydrogens (tertiary/aromatic N) is 4. The molecule has 1 saturated heterocycles. The fourth-order valence-electron chi connectivity index (χ4n) is 3.71. The van der Waals surface area contributed by atoms with E-state index in [1.807, 2.05) is 26.4 Å². The smallest absolute Gasteiger partial charge is 0.263 e. The molecule has 6 nitrogen and oxygen atoms in total. The topological polar surface area (TPSA) is 65.1 Å². The Balaban J connectivity index is 1.65. The summed E-state index contributed by atoms with van der Waals surface area (Å²) in [5, 5.41) is 8.26. The van der Waals surface area contributed by atoms with Crippen molar-refractivity contribution in [2.24, 2.45) is 0 Å². The van der Waals surface area contributed by atoms with Crippen molar-refractivity contribution in [1.82, 2.24) is 25.0 Å². The highest BCUT2D eigenvalue weighted by Crippen LogP contribution is 2.40. The summed E-state index contributed by atoms with van der Waals surface area (Å²) in [6.45, 7) is 4.94. The molecular formula is C19H23N5OS. The second kappa shape index (κ2) is 6.81. The van der Waals surface area contributed by atoms with Crippen LogP contribution in [0.5, 0.6) is 0 Å². The molecule has 0 bridgehead atoms. The molecule has 1 fully saturated rings. The van der Waals surface area contributed by atoms with E-state index in [-0.39, 0.29) is 5.91 Å². The molecule has 0 unspecified atom stereocenters.